The molecule has 0 aliphatic rings. The van der Waals surface area contributed by atoms with Gasteiger partial charge >= 0.3 is 12.0 Å². The highest BCUT2D eigenvalue weighted by atomic mass is 32.2. The average Bonchev–Trinajstić information content (AvgIpc) is 2.89. The maximum Gasteiger partial charge on any atom is 0.322 e. The van der Waals surface area contributed by atoms with E-state index < -0.39 is 5.97 Å². The fourth-order valence-electron chi connectivity index (χ4n) is 2.56. The third-order valence-corrected chi connectivity index (χ3v) is 4.91. The molecule has 2 rings (SSSR count). The molecule has 0 aliphatic carbocycles. The number of amides is 2. The van der Waals surface area contributed by atoms with Crippen molar-refractivity contribution in [1.29, 1.82) is 0 Å². The number of carbonyl (C=O) groups is 2. The molecule has 2 N–H and O–H groups in total. The van der Waals surface area contributed by atoms with Crippen LogP contribution < -0.4 is 10.2 Å². The van der Waals surface area contributed by atoms with Gasteiger partial charge in [0.25, 0.3) is 0 Å². The number of aliphatic carboxylic acids is 1. The number of urea groups is 1. The maximum atomic E-state index is 12.6. The molecule has 6 nitrogen and oxygen atoms in total. The third kappa shape index (κ3) is 5.61. The van der Waals surface area contributed by atoms with Crippen LogP contribution in [-0.4, -0.2) is 34.7 Å². The van der Waals surface area contributed by atoms with Crippen LogP contribution in [-0.2, 0) is 4.79 Å². The average molecular weight is 382 g/mol. The summed E-state index contributed by atoms with van der Waals surface area (Å²) in [6, 6.07) is 5.60. The van der Waals surface area contributed by atoms with Crippen LogP contribution in [0.2, 0.25) is 0 Å². The minimum Gasteiger partial charge on any atom is -0.481 e. The number of unbranched alkanes of at least 4 members (excludes halogenated alkanes) is 2. The van der Waals surface area contributed by atoms with Crippen LogP contribution in [0.15, 0.2) is 22.5 Å². The minimum absolute atomic E-state index is 0.00727. The first kappa shape index (κ1) is 19.5. The molecule has 1 aromatic heterocycles. The molecule has 0 fully saturated rings. The Kier molecular flexibility index (Phi) is 7.07. The highest BCUT2D eigenvalue weighted by molar-refractivity contribution is 7.82. The summed E-state index contributed by atoms with van der Waals surface area (Å²) >= 11 is 5.76. The summed E-state index contributed by atoms with van der Waals surface area (Å²) in [5, 5.41) is 11.5. The van der Waals surface area contributed by atoms with Gasteiger partial charge in [0.2, 0.25) is 0 Å². The number of thiazole rings is 1. The quantitative estimate of drug-likeness (QED) is 0.474. The Hall–Kier alpha value is -1.80. The topological polar surface area (TPSA) is 82.5 Å². The van der Waals surface area contributed by atoms with E-state index in [1.165, 1.54) is 11.3 Å². The number of carbonyl (C=O) groups excluding carboxylic acids is 1. The molecule has 0 spiro atoms. The lowest BCUT2D eigenvalue weighted by Gasteiger charge is -2.27. The van der Waals surface area contributed by atoms with Gasteiger partial charge in [-0.1, -0.05) is 6.42 Å². The number of carboxylic acids is 1. The molecule has 2 aromatic rings. The van der Waals surface area contributed by atoms with Crippen LogP contribution in [0.25, 0.3) is 10.2 Å². The van der Waals surface area contributed by atoms with E-state index in [-0.39, 0.29) is 18.5 Å². The zero-order valence-electron chi connectivity index (χ0n) is 14.4. The van der Waals surface area contributed by atoms with Gasteiger partial charge in [0.05, 0.1) is 10.2 Å². The van der Waals surface area contributed by atoms with E-state index in [0.717, 1.165) is 28.7 Å². The largest absolute Gasteiger partial charge is 0.481 e. The van der Waals surface area contributed by atoms with Gasteiger partial charge in [-0.3, -0.25) is 9.69 Å². The molecule has 0 unspecified atom stereocenters. The fourth-order valence-corrected chi connectivity index (χ4v) is 3.70. The number of fused-ring (bicyclic) bond motifs is 1. The molecule has 136 valence electrons. The highest BCUT2D eigenvalue weighted by Gasteiger charge is 2.19. The molecule has 0 saturated heterocycles. The number of aromatic nitrogens is 1. The summed E-state index contributed by atoms with van der Waals surface area (Å²) < 4.78 is 1.70. The molecular weight excluding hydrogens is 358 g/mol. The van der Waals surface area contributed by atoms with E-state index in [9.17, 15) is 9.59 Å². The first-order valence-corrected chi connectivity index (χ1v) is 9.53. The number of rotatable bonds is 8. The SMILES string of the molecule is CC(C)N(C(=O)NCCCCCC(=O)O)c1ccc2nc(S)sc2c1. The number of carboxylic acid groups (broad SMARTS) is 1. The van der Waals surface area contributed by atoms with E-state index in [2.05, 4.69) is 22.9 Å². The Morgan fingerprint density at radius 2 is 2.08 bits per heavy atom. The predicted octanol–water partition coefficient (Wildman–Crippen LogP) is 4.15. The van der Waals surface area contributed by atoms with Crippen molar-refractivity contribution in [1.82, 2.24) is 10.3 Å². The Balaban J connectivity index is 1.96. The highest BCUT2D eigenvalue weighted by Crippen LogP contribution is 2.29. The van der Waals surface area contributed by atoms with Crippen molar-refractivity contribution in [2.75, 3.05) is 11.4 Å². The van der Waals surface area contributed by atoms with Gasteiger partial charge in [-0.05, 0) is 44.9 Å². The van der Waals surface area contributed by atoms with E-state index >= 15 is 0 Å². The van der Waals surface area contributed by atoms with Crippen molar-refractivity contribution in [2.24, 2.45) is 0 Å². The van der Waals surface area contributed by atoms with Crippen molar-refractivity contribution in [3.63, 3.8) is 0 Å². The second kappa shape index (κ2) is 9.05. The Bertz CT molecular complexity index is 746. The van der Waals surface area contributed by atoms with E-state index in [0.29, 0.717) is 17.3 Å². The molecule has 0 bridgehead atoms. The number of hydrogen-bond donors (Lipinski definition) is 3. The fraction of sp³-hybridized carbons (Fsp3) is 0.471. The first-order valence-electron chi connectivity index (χ1n) is 8.27. The third-order valence-electron chi connectivity index (χ3n) is 3.72. The number of anilines is 1. The Morgan fingerprint density at radius 1 is 1.32 bits per heavy atom. The lowest BCUT2D eigenvalue weighted by atomic mass is 10.2. The molecule has 25 heavy (non-hydrogen) atoms. The molecule has 0 saturated carbocycles. The predicted molar refractivity (Wildman–Crippen MR) is 104 cm³/mol. The van der Waals surface area contributed by atoms with Crippen molar-refractivity contribution in [2.45, 2.75) is 49.9 Å². The van der Waals surface area contributed by atoms with E-state index in [1.807, 2.05) is 32.0 Å². The number of nitrogens with one attached hydrogen (secondary N) is 1. The molecule has 0 aliphatic heterocycles. The summed E-state index contributed by atoms with van der Waals surface area (Å²) in [6.07, 6.45) is 2.36. The molecule has 8 heteroatoms. The molecule has 1 aromatic carbocycles. The molecule has 2 amide bonds. The molecular formula is C17H23N3O3S2. The summed E-state index contributed by atoms with van der Waals surface area (Å²) in [7, 11) is 0. The zero-order chi connectivity index (χ0) is 18.4. The smallest absolute Gasteiger partial charge is 0.322 e. The van der Waals surface area contributed by atoms with Gasteiger partial charge in [-0.15, -0.1) is 24.0 Å². The van der Waals surface area contributed by atoms with Gasteiger partial charge in [0, 0.05) is 24.7 Å². The van der Waals surface area contributed by atoms with Crippen LogP contribution in [0.4, 0.5) is 10.5 Å². The lowest BCUT2D eigenvalue weighted by Crippen LogP contribution is -2.44. The Morgan fingerprint density at radius 3 is 2.76 bits per heavy atom. The lowest BCUT2D eigenvalue weighted by molar-refractivity contribution is -0.137. The van der Waals surface area contributed by atoms with Crippen molar-refractivity contribution in [3.8, 4) is 0 Å². The van der Waals surface area contributed by atoms with Crippen LogP contribution >= 0.6 is 24.0 Å². The molecule has 0 radical (unpaired) electrons. The minimum atomic E-state index is -0.780. The number of hydrogen-bond acceptors (Lipinski definition) is 5. The van der Waals surface area contributed by atoms with Crippen LogP contribution in [0.5, 0.6) is 0 Å². The normalized spacial score (nSPS) is 11.0. The van der Waals surface area contributed by atoms with E-state index in [4.69, 9.17) is 5.11 Å². The summed E-state index contributed by atoms with van der Waals surface area (Å²) in [6.45, 7) is 4.46. The van der Waals surface area contributed by atoms with Gasteiger partial charge in [-0.2, -0.15) is 0 Å². The van der Waals surface area contributed by atoms with Crippen LogP contribution in [0.3, 0.4) is 0 Å². The number of thiol groups is 1. The van der Waals surface area contributed by atoms with Gasteiger partial charge in [0.1, 0.15) is 4.34 Å². The van der Waals surface area contributed by atoms with Crippen molar-refractivity contribution in [3.05, 3.63) is 18.2 Å². The standard InChI is InChI=1S/C17H23N3O3S2/c1-11(2)20(16(23)18-9-5-3-4-6-15(21)22)12-7-8-13-14(10-12)25-17(24)19-13/h7-8,10-11H,3-6,9H2,1-2H3,(H,18,23)(H,19,24)(H,21,22). The van der Waals surface area contributed by atoms with Crippen molar-refractivity contribution < 1.29 is 14.7 Å². The Labute approximate surface area is 156 Å². The first-order chi connectivity index (χ1) is 11.9. The van der Waals surface area contributed by atoms with Crippen molar-refractivity contribution >= 4 is 51.9 Å². The molecule has 0 atom stereocenters. The summed E-state index contributed by atoms with van der Waals surface area (Å²) in [4.78, 5) is 29.1. The van der Waals surface area contributed by atoms with Crippen LogP contribution in [0.1, 0.15) is 39.5 Å². The zero-order valence-corrected chi connectivity index (χ0v) is 16.1. The number of benzene rings is 1. The van der Waals surface area contributed by atoms with Crippen LogP contribution in [0, 0.1) is 0 Å². The van der Waals surface area contributed by atoms with Gasteiger partial charge in [0.15, 0.2) is 0 Å². The second-order valence-electron chi connectivity index (χ2n) is 6.05. The number of nitrogens with zero attached hydrogens (tertiary/aromatic N) is 2. The summed E-state index contributed by atoms with van der Waals surface area (Å²) in [5.74, 6) is -0.780. The summed E-state index contributed by atoms with van der Waals surface area (Å²) in [5.41, 5.74) is 1.70. The molecule has 1 heterocycles. The second-order valence-corrected chi connectivity index (χ2v) is 7.81. The maximum absolute atomic E-state index is 12.6. The monoisotopic (exact) mass is 381 g/mol. The van der Waals surface area contributed by atoms with Gasteiger partial charge < -0.3 is 10.4 Å². The van der Waals surface area contributed by atoms with E-state index in [1.54, 1.807) is 4.90 Å². The van der Waals surface area contributed by atoms with Gasteiger partial charge in [-0.25, -0.2) is 9.78 Å².